The molecule has 3 aromatic rings. The summed E-state index contributed by atoms with van der Waals surface area (Å²) in [6.07, 6.45) is 2.95. The van der Waals surface area contributed by atoms with Crippen molar-refractivity contribution < 1.29 is 18.7 Å². The number of hydrogen-bond acceptors (Lipinski definition) is 4. The van der Waals surface area contributed by atoms with Gasteiger partial charge in [-0.15, -0.1) is 0 Å². The van der Waals surface area contributed by atoms with E-state index in [-0.39, 0.29) is 17.7 Å². The normalized spacial score (nSPS) is 11.7. The lowest BCUT2D eigenvalue weighted by molar-refractivity contribution is 0.0908. The van der Waals surface area contributed by atoms with Crippen LogP contribution in [0, 0.1) is 0 Å². The number of rotatable bonds is 8. The molecule has 2 aromatic carbocycles. The zero-order chi connectivity index (χ0) is 19.9. The highest BCUT2D eigenvalue weighted by molar-refractivity contribution is 5.91. The topological polar surface area (TPSA) is 60.7 Å². The lowest BCUT2D eigenvalue weighted by atomic mass is 9.92. The van der Waals surface area contributed by atoms with Crippen molar-refractivity contribution in [1.29, 1.82) is 0 Å². The Labute approximate surface area is 165 Å². The first-order chi connectivity index (χ1) is 13.7. The minimum atomic E-state index is -0.247. The number of benzene rings is 2. The van der Waals surface area contributed by atoms with Gasteiger partial charge in [0.05, 0.1) is 26.5 Å². The van der Waals surface area contributed by atoms with Crippen molar-refractivity contribution in [3.63, 3.8) is 0 Å². The Hall–Kier alpha value is -3.21. The van der Waals surface area contributed by atoms with Crippen LogP contribution < -0.4 is 14.8 Å². The second kappa shape index (κ2) is 9.13. The van der Waals surface area contributed by atoms with Crippen LogP contribution in [0.4, 0.5) is 0 Å². The second-order valence-corrected chi connectivity index (χ2v) is 6.45. The summed E-state index contributed by atoms with van der Waals surface area (Å²) in [5, 5.41) is 3.12. The molecule has 1 N–H and O–H groups in total. The molecule has 1 heterocycles. The zero-order valence-electron chi connectivity index (χ0n) is 16.4. The molecule has 0 unspecified atom stereocenters. The first kappa shape index (κ1) is 19.5. The van der Waals surface area contributed by atoms with E-state index in [4.69, 9.17) is 13.9 Å². The Balaban J connectivity index is 2.01. The third-order valence-electron chi connectivity index (χ3n) is 4.73. The van der Waals surface area contributed by atoms with Gasteiger partial charge in [-0.1, -0.05) is 37.3 Å². The molecule has 28 heavy (non-hydrogen) atoms. The summed E-state index contributed by atoms with van der Waals surface area (Å²) in [5.74, 6) is 1.36. The molecule has 1 amide bonds. The van der Waals surface area contributed by atoms with Gasteiger partial charge in [0.2, 0.25) is 0 Å². The van der Waals surface area contributed by atoms with Crippen LogP contribution in [0.2, 0.25) is 0 Å². The zero-order valence-corrected chi connectivity index (χ0v) is 16.4. The van der Waals surface area contributed by atoms with E-state index in [1.165, 1.54) is 6.26 Å². The number of carbonyl (C=O) groups excluding carboxylic acids is 1. The van der Waals surface area contributed by atoms with Gasteiger partial charge in [0.1, 0.15) is 0 Å². The van der Waals surface area contributed by atoms with E-state index in [9.17, 15) is 4.79 Å². The van der Waals surface area contributed by atoms with Crippen molar-refractivity contribution in [2.24, 2.45) is 0 Å². The van der Waals surface area contributed by atoms with E-state index in [0.29, 0.717) is 17.9 Å². The van der Waals surface area contributed by atoms with Crippen molar-refractivity contribution in [2.75, 3.05) is 14.2 Å². The highest BCUT2D eigenvalue weighted by Gasteiger charge is 2.22. The van der Waals surface area contributed by atoms with Crippen LogP contribution in [0.5, 0.6) is 11.5 Å². The summed E-state index contributed by atoms with van der Waals surface area (Å²) >= 11 is 0. The molecule has 0 bridgehead atoms. The maximum absolute atomic E-state index is 12.7. The number of carbonyl (C=O) groups is 1. The first-order valence-electron chi connectivity index (χ1n) is 9.29. The van der Waals surface area contributed by atoms with Crippen molar-refractivity contribution in [2.45, 2.75) is 25.8 Å². The molecule has 0 radical (unpaired) electrons. The van der Waals surface area contributed by atoms with Crippen LogP contribution in [-0.2, 0) is 12.8 Å². The van der Waals surface area contributed by atoms with Crippen molar-refractivity contribution in [3.05, 3.63) is 83.3 Å². The minimum Gasteiger partial charge on any atom is -0.493 e. The number of amides is 1. The standard InChI is InChI=1S/C23H25NO4/c1-4-17-14-21(26-2)22(27-3)15-18(17)19(13-16-9-6-5-7-10-16)24-23(25)20-11-8-12-28-20/h5-12,14-15,19H,4,13H2,1-3H3,(H,24,25)/t19-/m1/s1. The number of aryl methyl sites for hydroxylation is 1. The molecule has 0 fully saturated rings. The number of nitrogens with one attached hydrogen (secondary N) is 1. The Morgan fingerprint density at radius 3 is 2.36 bits per heavy atom. The summed E-state index contributed by atoms with van der Waals surface area (Å²) < 4.78 is 16.2. The molecule has 1 aromatic heterocycles. The van der Waals surface area contributed by atoms with Crippen LogP contribution >= 0.6 is 0 Å². The maximum atomic E-state index is 12.7. The molecule has 5 heteroatoms. The van der Waals surface area contributed by atoms with Gasteiger partial charge in [0, 0.05) is 0 Å². The third kappa shape index (κ3) is 4.36. The quantitative estimate of drug-likeness (QED) is 0.623. The number of ether oxygens (including phenoxy) is 2. The smallest absolute Gasteiger partial charge is 0.287 e. The molecule has 0 aliphatic rings. The van der Waals surface area contributed by atoms with Crippen LogP contribution in [-0.4, -0.2) is 20.1 Å². The van der Waals surface area contributed by atoms with Crippen molar-refractivity contribution in [3.8, 4) is 11.5 Å². The SMILES string of the molecule is CCc1cc(OC)c(OC)cc1[C@@H](Cc1ccccc1)NC(=O)c1ccco1. The fourth-order valence-electron chi connectivity index (χ4n) is 3.29. The monoisotopic (exact) mass is 379 g/mol. The van der Waals surface area contributed by atoms with Crippen LogP contribution in [0.25, 0.3) is 0 Å². The summed E-state index contributed by atoms with van der Waals surface area (Å²) in [5.41, 5.74) is 3.23. The molecule has 0 saturated carbocycles. The van der Waals surface area contributed by atoms with E-state index < -0.39 is 0 Å². The molecule has 0 aliphatic carbocycles. The van der Waals surface area contributed by atoms with Gasteiger partial charge in [-0.2, -0.15) is 0 Å². The summed E-state index contributed by atoms with van der Waals surface area (Å²) in [6.45, 7) is 2.08. The molecule has 1 atom stereocenters. The fourth-order valence-corrected chi connectivity index (χ4v) is 3.29. The molecular weight excluding hydrogens is 354 g/mol. The van der Waals surface area contributed by atoms with E-state index in [2.05, 4.69) is 24.4 Å². The van der Waals surface area contributed by atoms with E-state index in [0.717, 1.165) is 23.1 Å². The average Bonchev–Trinajstić information content (AvgIpc) is 3.28. The third-order valence-corrected chi connectivity index (χ3v) is 4.73. The lowest BCUT2D eigenvalue weighted by Crippen LogP contribution is -2.30. The summed E-state index contributed by atoms with van der Waals surface area (Å²) in [6, 6.07) is 17.1. The minimum absolute atomic E-state index is 0.241. The van der Waals surface area contributed by atoms with Gasteiger partial charge < -0.3 is 19.2 Å². The number of hydrogen-bond donors (Lipinski definition) is 1. The van der Waals surface area contributed by atoms with Gasteiger partial charge in [-0.05, 0) is 53.8 Å². The van der Waals surface area contributed by atoms with E-state index in [1.807, 2.05) is 30.3 Å². The highest BCUT2D eigenvalue weighted by atomic mass is 16.5. The molecule has 0 saturated heterocycles. The Kier molecular flexibility index (Phi) is 6.37. The van der Waals surface area contributed by atoms with E-state index >= 15 is 0 Å². The van der Waals surface area contributed by atoms with Crippen molar-refractivity contribution >= 4 is 5.91 Å². The van der Waals surface area contributed by atoms with Gasteiger partial charge in [-0.3, -0.25) is 4.79 Å². The molecule has 0 aliphatic heterocycles. The highest BCUT2D eigenvalue weighted by Crippen LogP contribution is 2.34. The first-order valence-corrected chi connectivity index (χ1v) is 9.29. The summed E-state index contributed by atoms with van der Waals surface area (Å²) in [7, 11) is 3.23. The Bertz CT molecular complexity index is 904. The Morgan fingerprint density at radius 2 is 1.75 bits per heavy atom. The van der Waals surface area contributed by atoms with Gasteiger partial charge in [0.25, 0.3) is 5.91 Å². The molecule has 5 nitrogen and oxygen atoms in total. The van der Waals surface area contributed by atoms with Gasteiger partial charge in [-0.25, -0.2) is 0 Å². The largest absolute Gasteiger partial charge is 0.493 e. The molecular formula is C23H25NO4. The maximum Gasteiger partial charge on any atom is 0.287 e. The second-order valence-electron chi connectivity index (χ2n) is 6.45. The van der Waals surface area contributed by atoms with Crippen LogP contribution in [0.3, 0.4) is 0 Å². The van der Waals surface area contributed by atoms with E-state index in [1.54, 1.807) is 26.4 Å². The van der Waals surface area contributed by atoms with Crippen LogP contribution in [0.1, 0.15) is 40.2 Å². The predicted molar refractivity (Wildman–Crippen MR) is 108 cm³/mol. The number of methoxy groups -OCH3 is 2. The molecule has 146 valence electrons. The molecule has 0 spiro atoms. The van der Waals surface area contributed by atoms with Crippen LogP contribution in [0.15, 0.2) is 65.3 Å². The average molecular weight is 379 g/mol. The fraction of sp³-hybridized carbons (Fsp3) is 0.261. The van der Waals surface area contributed by atoms with Crippen molar-refractivity contribution in [1.82, 2.24) is 5.32 Å². The molecule has 3 rings (SSSR count). The van der Waals surface area contributed by atoms with Gasteiger partial charge >= 0.3 is 0 Å². The number of furan rings is 1. The summed E-state index contributed by atoms with van der Waals surface area (Å²) in [4.78, 5) is 12.7. The van der Waals surface area contributed by atoms with Gasteiger partial charge in [0.15, 0.2) is 17.3 Å². The predicted octanol–water partition coefficient (Wildman–Crippen LogP) is 4.57. The lowest BCUT2D eigenvalue weighted by Gasteiger charge is -2.23. The Morgan fingerprint density at radius 1 is 1.04 bits per heavy atom.